The summed E-state index contributed by atoms with van der Waals surface area (Å²) in [5.74, 6) is 1.26. The van der Waals surface area contributed by atoms with Crippen LogP contribution in [-0.2, 0) is 24.3 Å². The molecule has 0 aliphatic carbocycles. The molecular formula is C28H25FN4O3. The standard InChI is InChI=1S/C28H25FN4O3/c1-35-25-14-12-23(13-15-25)28-31-26(36-32-28)6-3-7-27(34)33(19-22-4-2-5-24(29)16-22)18-21-10-8-20(17-30)9-11-21/h2,4-5,8-16H,3,6-7,18-19H2,1H3. The highest BCUT2D eigenvalue weighted by atomic mass is 19.1. The smallest absolute Gasteiger partial charge is 0.226 e. The Labute approximate surface area is 208 Å². The van der Waals surface area contributed by atoms with Crippen molar-refractivity contribution in [2.24, 2.45) is 0 Å². The van der Waals surface area contributed by atoms with Crippen LogP contribution >= 0.6 is 0 Å². The van der Waals surface area contributed by atoms with Crippen LogP contribution in [0.4, 0.5) is 4.39 Å². The lowest BCUT2D eigenvalue weighted by atomic mass is 10.1. The van der Waals surface area contributed by atoms with Crippen molar-refractivity contribution < 1.29 is 18.4 Å². The van der Waals surface area contributed by atoms with Crippen molar-refractivity contribution in [3.8, 4) is 23.2 Å². The normalized spacial score (nSPS) is 10.6. The van der Waals surface area contributed by atoms with Gasteiger partial charge in [0.05, 0.1) is 18.7 Å². The number of rotatable bonds is 10. The first-order valence-corrected chi connectivity index (χ1v) is 11.5. The predicted molar refractivity (Wildman–Crippen MR) is 131 cm³/mol. The summed E-state index contributed by atoms with van der Waals surface area (Å²) in [4.78, 5) is 19.3. The van der Waals surface area contributed by atoms with E-state index in [2.05, 4.69) is 16.2 Å². The molecule has 4 aromatic rings. The van der Waals surface area contributed by atoms with Gasteiger partial charge in [0.1, 0.15) is 11.6 Å². The molecule has 1 heterocycles. The molecule has 0 atom stereocenters. The number of amides is 1. The zero-order chi connectivity index (χ0) is 25.3. The van der Waals surface area contributed by atoms with Gasteiger partial charge in [0.25, 0.3) is 0 Å². The van der Waals surface area contributed by atoms with Crippen LogP contribution in [0.2, 0.25) is 0 Å². The summed E-state index contributed by atoms with van der Waals surface area (Å²) in [5, 5.41) is 13.1. The molecule has 0 saturated carbocycles. The second-order valence-electron chi connectivity index (χ2n) is 8.28. The molecule has 0 aliphatic heterocycles. The van der Waals surface area contributed by atoms with Gasteiger partial charge in [0, 0.05) is 31.5 Å². The molecule has 0 bridgehead atoms. The predicted octanol–water partition coefficient (Wildman–Crippen LogP) is 5.31. The van der Waals surface area contributed by atoms with E-state index in [0.717, 1.165) is 16.9 Å². The van der Waals surface area contributed by atoms with E-state index in [-0.39, 0.29) is 24.7 Å². The zero-order valence-corrected chi connectivity index (χ0v) is 19.9. The second-order valence-corrected chi connectivity index (χ2v) is 8.28. The molecule has 0 fully saturated rings. The maximum atomic E-state index is 13.7. The number of ether oxygens (including phenoxy) is 1. The first kappa shape index (κ1) is 24.6. The number of nitriles is 1. The summed E-state index contributed by atoms with van der Waals surface area (Å²) in [6.07, 6.45) is 1.25. The Morgan fingerprint density at radius 1 is 1.06 bits per heavy atom. The fourth-order valence-electron chi connectivity index (χ4n) is 3.76. The van der Waals surface area contributed by atoms with Gasteiger partial charge in [-0.15, -0.1) is 0 Å². The molecular weight excluding hydrogens is 459 g/mol. The molecule has 1 aromatic heterocycles. The Hall–Kier alpha value is -4.51. The zero-order valence-electron chi connectivity index (χ0n) is 19.9. The molecule has 1 amide bonds. The van der Waals surface area contributed by atoms with E-state index in [9.17, 15) is 9.18 Å². The average Bonchev–Trinajstić information content (AvgIpc) is 3.37. The van der Waals surface area contributed by atoms with Crippen molar-refractivity contribution in [1.29, 1.82) is 5.26 Å². The van der Waals surface area contributed by atoms with Gasteiger partial charge in [-0.25, -0.2) is 4.39 Å². The van der Waals surface area contributed by atoms with Gasteiger partial charge < -0.3 is 14.2 Å². The van der Waals surface area contributed by atoms with E-state index in [1.165, 1.54) is 12.1 Å². The first-order chi connectivity index (χ1) is 17.5. The van der Waals surface area contributed by atoms with Gasteiger partial charge in [-0.2, -0.15) is 10.2 Å². The summed E-state index contributed by atoms with van der Waals surface area (Å²) in [6, 6.07) is 22.8. The molecule has 8 heteroatoms. The number of aromatic nitrogens is 2. The molecule has 0 spiro atoms. The number of hydrogen-bond acceptors (Lipinski definition) is 6. The number of carbonyl (C=O) groups is 1. The topological polar surface area (TPSA) is 92.3 Å². The van der Waals surface area contributed by atoms with Crippen LogP contribution in [0.25, 0.3) is 11.4 Å². The quantitative estimate of drug-likeness (QED) is 0.303. The van der Waals surface area contributed by atoms with Gasteiger partial charge >= 0.3 is 0 Å². The summed E-state index contributed by atoms with van der Waals surface area (Å²) in [6.45, 7) is 0.627. The average molecular weight is 485 g/mol. The second kappa shape index (κ2) is 11.8. The van der Waals surface area contributed by atoms with Crippen LogP contribution in [0.3, 0.4) is 0 Å². The molecule has 7 nitrogen and oxygen atoms in total. The van der Waals surface area contributed by atoms with E-state index in [1.54, 1.807) is 36.3 Å². The summed E-state index contributed by atoms with van der Waals surface area (Å²) >= 11 is 0. The molecule has 0 unspecified atom stereocenters. The minimum absolute atomic E-state index is 0.0708. The van der Waals surface area contributed by atoms with Crippen molar-refractivity contribution >= 4 is 5.91 Å². The maximum Gasteiger partial charge on any atom is 0.226 e. The van der Waals surface area contributed by atoms with Crippen LogP contribution in [0.15, 0.2) is 77.3 Å². The molecule has 0 N–H and O–H groups in total. The molecule has 3 aromatic carbocycles. The van der Waals surface area contributed by atoms with Crippen LogP contribution in [0.5, 0.6) is 5.75 Å². The highest BCUT2D eigenvalue weighted by Gasteiger charge is 2.16. The highest BCUT2D eigenvalue weighted by molar-refractivity contribution is 5.76. The third-order valence-corrected chi connectivity index (χ3v) is 5.67. The minimum atomic E-state index is -0.345. The molecule has 0 aliphatic rings. The van der Waals surface area contributed by atoms with Gasteiger partial charge in [0.15, 0.2) is 0 Å². The van der Waals surface area contributed by atoms with Crippen molar-refractivity contribution in [3.05, 3.63) is 101 Å². The Morgan fingerprint density at radius 3 is 2.50 bits per heavy atom. The van der Waals surface area contributed by atoms with Gasteiger partial charge in [-0.1, -0.05) is 29.4 Å². The molecule has 0 radical (unpaired) electrons. The van der Waals surface area contributed by atoms with E-state index in [0.29, 0.717) is 42.2 Å². The minimum Gasteiger partial charge on any atom is -0.497 e. The van der Waals surface area contributed by atoms with E-state index >= 15 is 0 Å². The van der Waals surface area contributed by atoms with Crippen molar-refractivity contribution in [1.82, 2.24) is 15.0 Å². The van der Waals surface area contributed by atoms with Gasteiger partial charge in [-0.05, 0) is 66.1 Å². The molecule has 36 heavy (non-hydrogen) atoms. The third-order valence-electron chi connectivity index (χ3n) is 5.67. The van der Waals surface area contributed by atoms with Crippen molar-refractivity contribution in [3.63, 3.8) is 0 Å². The Morgan fingerprint density at radius 2 is 1.81 bits per heavy atom. The Balaban J connectivity index is 1.38. The summed E-state index contributed by atoms with van der Waals surface area (Å²) in [5.41, 5.74) is 2.96. The fraction of sp³-hybridized carbons (Fsp3) is 0.214. The maximum absolute atomic E-state index is 13.7. The Kier molecular flexibility index (Phi) is 8.04. The largest absolute Gasteiger partial charge is 0.497 e. The number of carbonyl (C=O) groups excluding carboxylic acids is 1. The third kappa shape index (κ3) is 6.54. The van der Waals surface area contributed by atoms with E-state index in [1.807, 2.05) is 36.4 Å². The van der Waals surface area contributed by atoms with Crippen molar-refractivity contribution in [2.75, 3.05) is 7.11 Å². The van der Waals surface area contributed by atoms with E-state index < -0.39 is 0 Å². The number of nitrogens with zero attached hydrogens (tertiary/aromatic N) is 4. The lowest BCUT2D eigenvalue weighted by Gasteiger charge is -2.23. The number of halogens is 1. The van der Waals surface area contributed by atoms with Gasteiger partial charge in [0.2, 0.25) is 17.6 Å². The number of benzene rings is 3. The molecule has 4 rings (SSSR count). The SMILES string of the molecule is COc1ccc(-c2noc(CCCC(=O)N(Cc3ccc(C#N)cc3)Cc3cccc(F)c3)n2)cc1. The van der Waals surface area contributed by atoms with Gasteiger partial charge in [-0.3, -0.25) is 4.79 Å². The number of hydrogen-bond donors (Lipinski definition) is 0. The number of aryl methyl sites for hydroxylation is 1. The molecule has 182 valence electrons. The molecule has 0 saturated heterocycles. The lowest BCUT2D eigenvalue weighted by molar-refractivity contribution is -0.132. The fourth-order valence-corrected chi connectivity index (χ4v) is 3.76. The monoisotopic (exact) mass is 484 g/mol. The van der Waals surface area contributed by atoms with Crippen LogP contribution in [0.1, 0.15) is 35.4 Å². The van der Waals surface area contributed by atoms with Crippen LogP contribution < -0.4 is 4.74 Å². The highest BCUT2D eigenvalue weighted by Crippen LogP contribution is 2.20. The van der Waals surface area contributed by atoms with Crippen molar-refractivity contribution in [2.45, 2.75) is 32.4 Å². The van der Waals surface area contributed by atoms with Crippen LogP contribution in [0, 0.1) is 17.1 Å². The summed E-state index contributed by atoms with van der Waals surface area (Å²) < 4.78 is 24.2. The Bertz CT molecular complexity index is 1340. The van der Waals surface area contributed by atoms with E-state index in [4.69, 9.17) is 14.5 Å². The summed E-state index contributed by atoms with van der Waals surface area (Å²) in [7, 11) is 1.60. The first-order valence-electron chi connectivity index (χ1n) is 11.5. The number of methoxy groups -OCH3 is 1. The van der Waals surface area contributed by atoms with Crippen LogP contribution in [-0.4, -0.2) is 28.1 Å². The lowest BCUT2D eigenvalue weighted by Crippen LogP contribution is -2.30.